The number of nitrogens with two attached hydrogens (primary N) is 1. The van der Waals surface area contributed by atoms with Gasteiger partial charge in [-0.3, -0.25) is 15.0 Å². The standard InChI is InChI=1S/C41H32N8O16S4.4Na/c1-64-35-20-33(47-49-39-38(69(61,62)63)15-22-5-8-24(16-28(22)40(39)50)43-41(51)21-3-6-23(42)7-4-21)36(65-2)19-32(35)46-45-31-13-12-30(27-11-9-25(17-29(27)31)66(52,53)54)44-48-34-18-26(67(55,56)57)10-14-37(34)68(58,59)60;;;;/h3-20,47H,42H2,1-2H3,(H,43,51)(H,52,53,54)(H,55,56,57)(H,58,59,60)(H,61,62,63);;;;/q;4*+1/p-4/b46-45?,48-44?,49-39-;;;;. The summed E-state index contributed by atoms with van der Waals surface area (Å²) in [7, 11) is -18.4. The van der Waals surface area contributed by atoms with Crippen LogP contribution >= 0.6 is 0 Å². The SMILES string of the molecule is COc1cc(N/N=C2\C(=O)c3cc(NC(=O)c4ccc(N)cc4)ccc3C=C2S(=O)(=O)[O-])c(OC)cc1N=Nc1ccc(N=Nc2cc(S(=O)(=O)[O-])ccc2S(=O)(=O)[O-])c2ccc(S(=O)(=O)[O-])cc12.[Na+].[Na+].[Na+].[Na+]. The molecule has 24 nitrogen and oxygen atoms in total. The van der Waals surface area contributed by atoms with E-state index in [0.29, 0.717) is 23.9 Å². The van der Waals surface area contributed by atoms with E-state index < -0.39 is 83.2 Å². The van der Waals surface area contributed by atoms with E-state index in [9.17, 15) is 61.5 Å². The van der Waals surface area contributed by atoms with Crippen molar-refractivity contribution >= 4 is 115 Å². The summed E-state index contributed by atoms with van der Waals surface area (Å²) in [6.07, 6.45) is 0.946. The Kier molecular flexibility index (Phi) is 22.0. The molecule has 0 aromatic heterocycles. The van der Waals surface area contributed by atoms with E-state index in [4.69, 9.17) is 15.2 Å². The molecule has 0 unspecified atom stereocenters. The van der Waals surface area contributed by atoms with Crippen molar-refractivity contribution in [2.75, 3.05) is 30.7 Å². The Hall–Kier alpha value is -3.83. The number of amides is 1. The molecule has 0 spiro atoms. The Morgan fingerprint density at radius 1 is 0.575 bits per heavy atom. The van der Waals surface area contributed by atoms with Gasteiger partial charge in [-0.05, 0) is 90.5 Å². The van der Waals surface area contributed by atoms with Crippen LogP contribution in [-0.4, -0.2) is 83.5 Å². The van der Waals surface area contributed by atoms with Crippen molar-refractivity contribution < 1.29 is 189 Å². The molecule has 0 aliphatic heterocycles. The van der Waals surface area contributed by atoms with Gasteiger partial charge in [-0.1, -0.05) is 12.1 Å². The molecule has 0 fully saturated rings. The third-order valence-corrected chi connectivity index (χ3v) is 13.2. The Balaban J connectivity index is 0.00000352. The maximum absolute atomic E-state index is 13.8. The summed E-state index contributed by atoms with van der Waals surface area (Å²) in [6.45, 7) is 0. The monoisotopic (exact) mass is 1110 g/mol. The van der Waals surface area contributed by atoms with Gasteiger partial charge in [-0.25, -0.2) is 33.7 Å². The van der Waals surface area contributed by atoms with E-state index in [2.05, 4.69) is 36.3 Å². The van der Waals surface area contributed by atoms with E-state index in [1.807, 2.05) is 0 Å². The molecular formula is C41H28N8Na4O16S4. The van der Waals surface area contributed by atoms with Crippen LogP contribution in [0.25, 0.3) is 16.8 Å². The Bertz CT molecular complexity index is 3770. The van der Waals surface area contributed by atoms with Crippen molar-refractivity contribution in [1.29, 1.82) is 0 Å². The maximum Gasteiger partial charge on any atom is 1.00 e. The van der Waals surface area contributed by atoms with Gasteiger partial charge in [0.15, 0.2) is 0 Å². The van der Waals surface area contributed by atoms with Crippen LogP contribution in [0, 0.1) is 0 Å². The Labute approximate surface area is 504 Å². The summed E-state index contributed by atoms with van der Waals surface area (Å²) in [5.41, 5.74) is 6.88. The number of benzene rings is 6. The molecule has 0 radical (unpaired) electrons. The first-order valence-electron chi connectivity index (χ1n) is 18.9. The minimum Gasteiger partial charge on any atom is -0.744 e. The van der Waals surface area contributed by atoms with Gasteiger partial charge in [0.05, 0.1) is 45.2 Å². The number of carbonyl (C=O) groups excluding carboxylic acids is 2. The minimum atomic E-state index is -5.32. The number of methoxy groups -OCH3 is 2. The molecule has 6 aromatic carbocycles. The smallest absolute Gasteiger partial charge is 0.744 e. The summed E-state index contributed by atoms with van der Waals surface area (Å²) in [6, 6.07) is 19.5. The van der Waals surface area contributed by atoms with Gasteiger partial charge in [0, 0.05) is 45.4 Å². The number of Topliss-reactive ketones (excluding diaryl/α,β-unsaturated/α-hetero) is 1. The van der Waals surface area contributed by atoms with Crippen LogP contribution in [-0.2, 0) is 40.5 Å². The molecule has 6 aromatic rings. The van der Waals surface area contributed by atoms with Crippen LogP contribution in [0.4, 0.5) is 39.8 Å². The van der Waals surface area contributed by atoms with E-state index >= 15 is 0 Å². The quantitative estimate of drug-likeness (QED) is 0.0300. The summed E-state index contributed by atoms with van der Waals surface area (Å²) in [4.78, 5) is 23.0. The second kappa shape index (κ2) is 25.3. The van der Waals surface area contributed by atoms with Crippen LogP contribution < -0.4 is 144 Å². The zero-order chi connectivity index (χ0) is 50.2. The van der Waals surface area contributed by atoms with E-state index in [1.54, 1.807) is 0 Å². The zero-order valence-corrected chi connectivity index (χ0v) is 50.1. The molecule has 356 valence electrons. The number of hydrogen-bond acceptors (Lipinski definition) is 23. The van der Waals surface area contributed by atoms with Crippen LogP contribution in [0.2, 0.25) is 0 Å². The summed E-state index contributed by atoms with van der Waals surface area (Å²) < 4.78 is 155. The number of nitrogen functional groups attached to an aromatic ring is 1. The number of azo groups is 2. The summed E-state index contributed by atoms with van der Waals surface area (Å²) >= 11 is 0. The van der Waals surface area contributed by atoms with Gasteiger partial charge in [0.1, 0.15) is 74.7 Å². The van der Waals surface area contributed by atoms with Gasteiger partial charge in [-0.2, -0.15) is 5.10 Å². The summed E-state index contributed by atoms with van der Waals surface area (Å²) in [5, 5.41) is 22.5. The van der Waals surface area contributed by atoms with Gasteiger partial charge < -0.3 is 38.7 Å². The van der Waals surface area contributed by atoms with Crippen LogP contribution in [0.15, 0.2) is 148 Å². The fraction of sp³-hybridized carbons (Fsp3) is 0.0488. The average Bonchev–Trinajstić information content (AvgIpc) is 3.28. The molecular weight excluding hydrogens is 1080 g/mol. The van der Waals surface area contributed by atoms with Crippen molar-refractivity contribution in [3.05, 3.63) is 125 Å². The van der Waals surface area contributed by atoms with Crippen molar-refractivity contribution in [2.45, 2.75) is 14.7 Å². The predicted molar refractivity (Wildman–Crippen MR) is 240 cm³/mol. The van der Waals surface area contributed by atoms with Crippen molar-refractivity contribution in [1.82, 2.24) is 0 Å². The first-order chi connectivity index (χ1) is 32.3. The summed E-state index contributed by atoms with van der Waals surface area (Å²) in [5.74, 6) is -1.70. The number of anilines is 3. The fourth-order valence-electron chi connectivity index (χ4n) is 6.49. The molecule has 1 aliphatic carbocycles. The van der Waals surface area contributed by atoms with E-state index in [1.165, 1.54) is 80.9 Å². The molecule has 0 atom stereocenters. The molecule has 0 heterocycles. The molecule has 32 heteroatoms. The Morgan fingerprint density at radius 2 is 1.14 bits per heavy atom. The largest absolute Gasteiger partial charge is 1.00 e. The molecule has 0 saturated heterocycles. The first-order valence-corrected chi connectivity index (χ1v) is 24.5. The predicted octanol–water partition coefficient (Wildman–Crippen LogP) is -6.20. The number of ketones is 1. The number of nitrogens with zero attached hydrogens (tertiary/aromatic N) is 5. The number of rotatable bonds is 14. The van der Waals surface area contributed by atoms with Crippen LogP contribution in [0.5, 0.6) is 11.5 Å². The number of carbonyl (C=O) groups is 2. The molecule has 1 amide bonds. The van der Waals surface area contributed by atoms with Gasteiger partial charge in [0.2, 0.25) is 5.78 Å². The van der Waals surface area contributed by atoms with Gasteiger partial charge in [-0.15, -0.1) is 20.5 Å². The van der Waals surface area contributed by atoms with E-state index in [0.717, 1.165) is 24.3 Å². The van der Waals surface area contributed by atoms with Gasteiger partial charge in [0.25, 0.3) is 5.91 Å². The molecule has 7 rings (SSSR count). The second-order valence-corrected chi connectivity index (χ2v) is 19.6. The second-order valence-electron chi connectivity index (χ2n) is 14.2. The van der Waals surface area contributed by atoms with Gasteiger partial charge >= 0.3 is 118 Å². The van der Waals surface area contributed by atoms with Crippen molar-refractivity contribution in [2.24, 2.45) is 25.6 Å². The first kappa shape index (κ1) is 63.5. The topological polar surface area (TPSA) is 393 Å². The number of nitrogens with one attached hydrogen (secondary N) is 2. The molecule has 0 bridgehead atoms. The maximum atomic E-state index is 13.8. The third kappa shape index (κ3) is 15.0. The van der Waals surface area contributed by atoms with E-state index in [-0.39, 0.29) is 186 Å². The Morgan fingerprint density at radius 3 is 1.71 bits per heavy atom. The molecule has 1 aliphatic rings. The number of ether oxygens (including phenoxy) is 2. The number of allylic oxidation sites excluding steroid dienone is 1. The van der Waals surface area contributed by atoms with Crippen LogP contribution in [0.3, 0.4) is 0 Å². The number of hydrazone groups is 1. The number of fused-ring (bicyclic) bond motifs is 2. The minimum absolute atomic E-state index is 0. The fourth-order valence-corrected chi connectivity index (χ4v) is 8.71. The van der Waals surface area contributed by atoms with Crippen molar-refractivity contribution in [3.63, 3.8) is 0 Å². The van der Waals surface area contributed by atoms with Crippen molar-refractivity contribution in [3.8, 4) is 11.5 Å². The molecule has 0 saturated carbocycles. The number of hydrogen-bond donors (Lipinski definition) is 3. The molecule has 4 N–H and O–H groups in total. The average molecular weight is 1110 g/mol. The third-order valence-electron chi connectivity index (χ3n) is 9.77. The normalized spacial score (nSPS) is 13.2. The zero-order valence-electron chi connectivity index (χ0n) is 38.9. The van der Waals surface area contributed by atoms with Crippen LogP contribution in [0.1, 0.15) is 26.3 Å². The molecule has 73 heavy (non-hydrogen) atoms.